The van der Waals surface area contributed by atoms with Crippen molar-refractivity contribution in [1.82, 2.24) is 9.62 Å². The fourth-order valence-corrected chi connectivity index (χ4v) is 4.34. The first-order valence-electron chi connectivity index (χ1n) is 9.36. The molecule has 0 bridgehead atoms. The molecule has 0 aromatic heterocycles. The number of thiocarbonyl (C=S) groups is 1. The van der Waals surface area contributed by atoms with Crippen molar-refractivity contribution in [2.24, 2.45) is 0 Å². The standard InChI is InChI=1S/C20H23ClN4O3S2/c1-30(27,28)25-12-10-24(11-13-25)18-8-6-17(7-9-18)22-20(29)23-19(26)14-15-2-4-16(21)5-3-15/h2-9H,10-14H2,1H3,(H2,22,23,26,29). The Hall–Kier alpha value is -2.20. The number of carbonyl (C=O) groups is 1. The highest BCUT2D eigenvalue weighted by molar-refractivity contribution is 7.88. The number of nitrogens with one attached hydrogen (secondary N) is 2. The summed E-state index contributed by atoms with van der Waals surface area (Å²) in [6.45, 7) is 2.23. The molecule has 1 amide bonds. The zero-order valence-corrected chi connectivity index (χ0v) is 18.9. The Morgan fingerprint density at radius 1 is 1.03 bits per heavy atom. The van der Waals surface area contributed by atoms with Crippen molar-refractivity contribution in [2.45, 2.75) is 6.42 Å². The first-order valence-corrected chi connectivity index (χ1v) is 12.0. The van der Waals surface area contributed by atoms with E-state index in [0.29, 0.717) is 31.2 Å². The molecule has 0 aliphatic carbocycles. The van der Waals surface area contributed by atoms with E-state index in [9.17, 15) is 13.2 Å². The van der Waals surface area contributed by atoms with Gasteiger partial charge in [0.25, 0.3) is 0 Å². The quantitative estimate of drug-likeness (QED) is 0.659. The summed E-state index contributed by atoms with van der Waals surface area (Å²) in [6, 6.07) is 14.7. The minimum absolute atomic E-state index is 0.206. The Bertz CT molecular complexity index is 1000. The third kappa shape index (κ3) is 6.40. The van der Waals surface area contributed by atoms with Crippen molar-refractivity contribution in [1.29, 1.82) is 0 Å². The summed E-state index contributed by atoms with van der Waals surface area (Å²) < 4.78 is 24.7. The maximum atomic E-state index is 12.1. The fraction of sp³-hybridized carbons (Fsp3) is 0.300. The molecule has 7 nitrogen and oxygen atoms in total. The van der Waals surface area contributed by atoms with Crippen molar-refractivity contribution in [3.05, 3.63) is 59.1 Å². The van der Waals surface area contributed by atoms with E-state index in [1.807, 2.05) is 24.3 Å². The topological polar surface area (TPSA) is 81.8 Å². The van der Waals surface area contributed by atoms with Crippen molar-refractivity contribution in [2.75, 3.05) is 42.7 Å². The van der Waals surface area contributed by atoms with Crippen LogP contribution in [0.3, 0.4) is 0 Å². The van der Waals surface area contributed by atoms with Gasteiger partial charge < -0.3 is 15.5 Å². The maximum absolute atomic E-state index is 12.1. The summed E-state index contributed by atoms with van der Waals surface area (Å²) in [5.41, 5.74) is 2.61. The molecule has 1 fully saturated rings. The average molecular weight is 467 g/mol. The predicted octanol–water partition coefficient (Wildman–Crippen LogP) is 2.48. The van der Waals surface area contributed by atoms with Gasteiger partial charge >= 0.3 is 0 Å². The summed E-state index contributed by atoms with van der Waals surface area (Å²) in [5.74, 6) is -0.213. The highest BCUT2D eigenvalue weighted by Gasteiger charge is 2.23. The largest absolute Gasteiger partial charge is 0.369 e. The highest BCUT2D eigenvalue weighted by Crippen LogP contribution is 2.20. The molecule has 3 rings (SSSR count). The summed E-state index contributed by atoms with van der Waals surface area (Å²) in [4.78, 5) is 14.3. The number of anilines is 2. The van der Waals surface area contributed by atoms with Gasteiger partial charge in [0.05, 0.1) is 12.7 Å². The second-order valence-electron chi connectivity index (χ2n) is 7.00. The van der Waals surface area contributed by atoms with E-state index in [1.54, 1.807) is 24.3 Å². The smallest absolute Gasteiger partial charge is 0.230 e. The number of hydrogen-bond acceptors (Lipinski definition) is 5. The molecule has 0 saturated carbocycles. The lowest BCUT2D eigenvalue weighted by molar-refractivity contribution is -0.119. The molecule has 0 unspecified atom stereocenters. The Balaban J connectivity index is 1.48. The number of hydrogen-bond donors (Lipinski definition) is 2. The van der Waals surface area contributed by atoms with Crippen LogP contribution in [0.1, 0.15) is 5.56 Å². The van der Waals surface area contributed by atoms with Gasteiger partial charge in [0.15, 0.2) is 5.11 Å². The first kappa shape index (κ1) is 22.5. The van der Waals surface area contributed by atoms with Crippen LogP contribution >= 0.6 is 23.8 Å². The normalized spacial score (nSPS) is 14.9. The van der Waals surface area contributed by atoms with Crippen LogP contribution in [0, 0.1) is 0 Å². The minimum atomic E-state index is -3.14. The zero-order valence-electron chi connectivity index (χ0n) is 16.5. The van der Waals surface area contributed by atoms with Gasteiger partial charge in [-0.1, -0.05) is 23.7 Å². The van der Waals surface area contributed by atoms with Crippen LogP contribution in [-0.4, -0.2) is 56.2 Å². The van der Waals surface area contributed by atoms with Crippen LogP contribution in [0.15, 0.2) is 48.5 Å². The molecular formula is C20H23ClN4O3S2. The van der Waals surface area contributed by atoms with Gasteiger partial charge in [-0.15, -0.1) is 0 Å². The van der Waals surface area contributed by atoms with Gasteiger partial charge in [-0.2, -0.15) is 4.31 Å². The van der Waals surface area contributed by atoms with Crippen molar-refractivity contribution < 1.29 is 13.2 Å². The summed E-state index contributed by atoms with van der Waals surface area (Å²) in [6.07, 6.45) is 1.44. The lowest BCUT2D eigenvalue weighted by atomic mass is 10.1. The molecule has 1 saturated heterocycles. The summed E-state index contributed by atoms with van der Waals surface area (Å²) >= 11 is 11.1. The van der Waals surface area contributed by atoms with Crippen LogP contribution < -0.4 is 15.5 Å². The SMILES string of the molecule is CS(=O)(=O)N1CCN(c2ccc(NC(=S)NC(=O)Cc3ccc(Cl)cc3)cc2)CC1. The number of halogens is 1. The van der Waals surface area contributed by atoms with Crippen LogP contribution in [0.25, 0.3) is 0 Å². The van der Waals surface area contributed by atoms with Gasteiger partial charge in [-0.05, 0) is 54.2 Å². The Kier molecular flexibility index (Phi) is 7.30. The van der Waals surface area contributed by atoms with E-state index >= 15 is 0 Å². The first-order chi connectivity index (χ1) is 14.2. The number of amides is 1. The number of carbonyl (C=O) groups excluding carboxylic acids is 1. The van der Waals surface area contributed by atoms with Crippen LogP contribution in [0.2, 0.25) is 5.02 Å². The Labute approximate surface area is 187 Å². The predicted molar refractivity (Wildman–Crippen MR) is 125 cm³/mol. The lowest BCUT2D eigenvalue weighted by Crippen LogP contribution is -2.48. The number of nitrogens with zero attached hydrogens (tertiary/aromatic N) is 2. The third-order valence-corrected chi connectivity index (χ3v) is 6.49. The molecule has 0 spiro atoms. The van der Waals surface area contributed by atoms with Crippen molar-refractivity contribution >= 4 is 56.2 Å². The van der Waals surface area contributed by atoms with Crippen LogP contribution in [0.5, 0.6) is 0 Å². The van der Waals surface area contributed by atoms with Gasteiger partial charge in [0, 0.05) is 42.6 Å². The molecule has 2 N–H and O–H groups in total. The molecule has 1 aliphatic heterocycles. The van der Waals surface area contributed by atoms with E-state index in [0.717, 1.165) is 16.9 Å². The zero-order chi connectivity index (χ0) is 21.7. The van der Waals surface area contributed by atoms with Gasteiger partial charge in [0.2, 0.25) is 15.9 Å². The van der Waals surface area contributed by atoms with E-state index in [2.05, 4.69) is 15.5 Å². The van der Waals surface area contributed by atoms with E-state index in [-0.39, 0.29) is 17.4 Å². The molecule has 1 aliphatic rings. The van der Waals surface area contributed by atoms with E-state index < -0.39 is 10.0 Å². The maximum Gasteiger partial charge on any atom is 0.230 e. The molecule has 160 valence electrons. The van der Waals surface area contributed by atoms with Crippen LogP contribution in [-0.2, 0) is 21.2 Å². The molecule has 30 heavy (non-hydrogen) atoms. The van der Waals surface area contributed by atoms with Crippen molar-refractivity contribution in [3.8, 4) is 0 Å². The molecule has 10 heteroatoms. The van der Waals surface area contributed by atoms with Gasteiger partial charge in [-0.3, -0.25) is 4.79 Å². The number of sulfonamides is 1. The molecular weight excluding hydrogens is 444 g/mol. The van der Waals surface area contributed by atoms with E-state index in [4.69, 9.17) is 23.8 Å². The average Bonchev–Trinajstić information content (AvgIpc) is 2.69. The van der Waals surface area contributed by atoms with Gasteiger partial charge in [-0.25, -0.2) is 8.42 Å². The minimum Gasteiger partial charge on any atom is -0.369 e. The Morgan fingerprint density at radius 3 is 2.20 bits per heavy atom. The third-order valence-electron chi connectivity index (χ3n) is 4.73. The second-order valence-corrected chi connectivity index (χ2v) is 9.83. The lowest BCUT2D eigenvalue weighted by Gasteiger charge is -2.34. The molecule has 1 heterocycles. The van der Waals surface area contributed by atoms with E-state index in [1.165, 1.54) is 10.6 Å². The summed E-state index contributed by atoms with van der Waals surface area (Å²) in [7, 11) is -3.14. The molecule has 0 atom stereocenters. The molecule has 0 radical (unpaired) electrons. The number of piperazine rings is 1. The van der Waals surface area contributed by atoms with Crippen LogP contribution in [0.4, 0.5) is 11.4 Å². The summed E-state index contributed by atoms with van der Waals surface area (Å²) in [5, 5.41) is 6.51. The van der Waals surface area contributed by atoms with Gasteiger partial charge in [0.1, 0.15) is 0 Å². The second kappa shape index (κ2) is 9.74. The number of rotatable bonds is 5. The Morgan fingerprint density at radius 2 is 1.63 bits per heavy atom. The fourth-order valence-electron chi connectivity index (χ4n) is 3.15. The molecule has 2 aromatic rings. The monoisotopic (exact) mass is 466 g/mol. The number of benzene rings is 2. The highest BCUT2D eigenvalue weighted by atomic mass is 35.5. The van der Waals surface area contributed by atoms with Crippen molar-refractivity contribution in [3.63, 3.8) is 0 Å². The molecule has 2 aromatic carbocycles.